The van der Waals surface area contributed by atoms with Crippen LogP contribution in [0.5, 0.6) is 0 Å². The van der Waals surface area contributed by atoms with E-state index in [1.165, 1.54) is 25.3 Å². The van der Waals surface area contributed by atoms with Gasteiger partial charge in [0.1, 0.15) is 11.6 Å². The molecule has 0 radical (unpaired) electrons. The van der Waals surface area contributed by atoms with Crippen molar-refractivity contribution < 1.29 is 8.78 Å². The SMILES string of the molecule is CC(CC1CCC1)Nc1cc(F)c(Br)cc1F. The summed E-state index contributed by atoms with van der Waals surface area (Å²) in [6, 6.07) is 2.54. The van der Waals surface area contributed by atoms with Gasteiger partial charge in [0, 0.05) is 12.1 Å². The molecule has 0 saturated heterocycles. The van der Waals surface area contributed by atoms with Gasteiger partial charge < -0.3 is 5.32 Å². The number of rotatable bonds is 4. The van der Waals surface area contributed by atoms with Crippen molar-refractivity contribution in [1.82, 2.24) is 0 Å². The van der Waals surface area contributed by atoms with Crippen molar-refractivity contribution in [3.05, 3.63) is 28.2 Å². The molecule has 94 valence electrons. The maximum absolute atomic E-state index is 13.6. The van der Waals surface area contributed by atoms with Crippen LogP contribution >= 0.6 is 15.9 Å². The zero-order valence-electron chi connectivity index (χ0n) is 9.77. The predicted octanol–water partition coefficient (Wildman–Crippen LogP) is 4.72. The van der Waals surface area contributed by atoms with E-state index in [4.69, 9.17) is 0 Å². The topological polar surface area (TPSA) is 12.0 Å². The molecule has 1 aliphatic rings. The van der Waals surface area contributed by atoms with Crippen molar-refractivity contribution in [2.45, 2.75) is 38.6 Å². The Balaban J connectivity index is 1.99. The van der Waals surface area contributed by atoms with Crippen molar-refractivity contribution in [3.63, 3.8) is 0 Å². The predicted molar refractivity (Wildman–Crippen MR) is 69.1 cm³/mol. The lowest BCUT2D eigenvalue weighted by atomic mass is 9.81. The molecule has 0 bridgehead atoms. The van der Waals surface area contributed by atoms with E-state index in [-0.39, 0.29) is 16.2 Å². The third-order valence-electron chi connectivity index (χ3n) is 3.32. The minimum Gasteiger partial charge on any atom is -0.380 e. The Hall–Kier alpha value is -0.640. The Kier molecular flexibility index (Phi) is 4.02. The number of nitrogens with one attached hydrogen (secondary N) is 1. The summed E-state index contributed by atoms with van der Waals surface area (Å²) in [7, 11) is 0. The zero-order chi connectivity index (χ0) is 12.4. The van der Waals surface area contributed by atoms with Gasteiger partial charge in [-0.2, -0.15) is 0 Å². The monoisotopic (exact) mass is 303 g/mol. The lowest BCUT2D eigenvalue weighted by molar-refractivity contribution is 0.285. The first-order chi connectivity index (χ1) is 8.06. The third kappa shape index (κ3) is 3.18. The molecule has 17 heavy (non-hydrogen) atoms. The third-order valence-corrected chi connectivity index (χ3v) is 3.93. The Morgan fingerprint density at radius 1 is 1.35 bits per heavy atom. The van der Waals surface area contributed by atoms with Crippen LogP contribution < -0.4 is 5.32 Å². The molecular formula is C13H16BrF2N. The Morgan fingerprint density at radius 3 is 2.65 bits per heavy atom. The molecule has 1 aromatic rings. The number of hydrogen-bond acceptors (Lipinski definition) is 1. The summed E-state index contributed by atoms with van der Waals surface area (Å²) in [5.41, 5.74) is 0.248. The molecule has 1 aliphatic carbocycles. The fourth-order valence-corrected chi connectivity index (χ4v) is 2.50. The molecule has 1 aromatic carbocycles. The van der Waals surface area contributed by atoms with Gasteiger partial charge in [-0.05, 0) is 41.3 Å². The van der Waals surface area contributed by atoms with E-state index < -0.39 is 11.6 Å². The summed E-state index contributed by atoms with van der Waals surface area (Å²) in [6.45, 7) is 2.01. The van der Waals surface area contributed by atoms with Gasteiger partial charge >= 0.3 is 0 Å². The molecule has 2 rings (SSSR count). The van der Waals surface area contributed by atoms with Crippen molar-refractivity contribution in [3.8, 4) is 0 Å². The second kappa shape index (κ2) is 5.34. The summed E-state index contributed by atoms with van der Waals surface area (Å²) >= 11 is 2.96. The molecule has 1 atom stereocenters. The first kappa shape index (κ1) is 12.8. The molecule has 0 spiro atoms. The van der Waals surface area contributed by atoms with Gasteiger partial charge in [0.15, 0.2) is 0 Å². The van der Waals surface area contributed by atoms with Crippen LogP contribution in [0.15, 0.2) is 16.6 Å². The molecule has 1 fully saturated rings. The van der Waals surface area contributed by atoms with Gasteiger partial charge in [0.05, 0.1) is 10.2 Å². The average molecular weight is 304 g/mol. The van der Waals surface area contributed by atoms with Crippen LogP contribution in [0.3, 0.4) is 0 Å². The fraction of sp³-hybridized carbons (Fsp3) is 0.538. The second-order valence-corrected chi connectivity index (χ2v) is 5.68. The van der Waals surface area contributed by atoms with Gasteiger partial charge in [-0.1, -0.05) is 19.3 Å². The highest BCUT2D eigenvalue weighted by molar-refractivity contribution is 9.10. The van der Waals surface area contributed by atoms with Gasteiger partial charge in [0.25, 0.3) is 0 Å². The van der Waals surface area contributed by atoms with Gasteiger partial charge in [-0.25, -0.2) is 8.78 Å². The summed E-state index contributed by atoms with van der Waals surface area (Å²) in [5, 5.41) is 3.04. The minimum atomic E-state index is -0.440. The lowest BCUT2D eigenvalue weighted by Gasteiger charge is -2.29. The van der Waals surface area contributed by atoms with Crippen molar-refractivity contribution >= 4 is 21.6 Å². The van der Waals surface area contributed by atoms with Crippen LogP contribution in [-0.2, 0) is 0 Å². The van der Waals surface area contributed by atoms with Crippen molar-refractivity contribution in [2.75, 3.05) is 5.32 Å². The lowest BCUT2D eigenvalue weighted by Crippen LogP contribution is -2.23. The van der Waals surface area contributed by atoms with Crippen LogP contribution in [0.1, 0.15) is 32.6 Å². The minimum absolute atomic E-state index is 0.159. The van der Waals surface area contributed by atoms with Crippen LogP contribution in [0.4, 0.5) is 14.5 Å². The maximum Gasteiger partial charge on any atom is 0.147 e. The fourth-order valence-electron chi connectivity index (χ4n) is 2.19. The van der Waals surface area contributed by atoms with Gasteiger partial charge in [-0.15, -0.1) is 0 Å². The zero-order valence-corrected chi connectivity index (χ0v) is 11.4. The molecule has 0 aromatic heterocycles. The van der Waals surface area contributed by atoms with E-state index in [1.54, 1.807) is 0 Å². The second-order valence-electron chi connectivity index (χ2n) is 4.82. The Morgan fingerprint density at radius 2 is 2.06 bits per heavy atom. The van der Waals surface area contributed by atoms with Crippen molar-refractivity contribution in [1.29, 1.82) is 0 Å². The standard InChI is InChI=1S/C13H16BrF2N/c1-8(5-9-3-2-4-9)17-13-7-11(15)10(14)6-12(13)16/h6-9,17H,2-5H2,1H3. The smallest absolute Gasteiger partial charge is 0.147 e. The summed E-state index contributed by atoms with van der Waals surface area (Å²) in [6.07, 6.45) is 4.86. The Bertz CT molecular complexity index is 405. The molecule has 1 unspecified atom stereocenters. The average Bonchev–Trinajstić information content (AvgIpc) is 2.20. The largest absolute Gasteiger partial charge is 0.380 e. The number of anilines is 1. The van der Waals surface area contributed by atoms with Crippen LogP contribution in [0.25, 0.3) is 0 Å². The quantitative estimate of drug-likeness (QED) is 0.794. The number of halogens is 3. The first-order valence-corrected chi connectivity index (χ1v) is 6.76. The highest BCUT2D eigenvalue weighted by Gasteiger charge is 2.20. The van der Waals surface area contributed by atoms with E-state index in [0.29, 0.717) is 0 Å². The van der Waals surface area contributed by atoms with E-state index in [0.717, 1.165) is 18.4 Å². The van der Waals surface area contributed by atoms with E-state index in [9.17, 15) is 8.78 Å². The van der Waals surface area contributed by atoms with Crippen molar-refractivity contribution in [2.24, 2.45) is 5.92 Å². The molecule has 0 heterocycles. The Labute approximate surface area is 109 Å². The highest BCUT2D eigenvalue weighted by atomic mass is 79.9. The normalized spacial score (nSPS) is 17.6. The molecular weight excluding hydrogens is 288 g/mol. The maximum atomic E-state index is 13.6. The van der Waals surface area contributed by atoms with Gasteiger partial charge in [0.2, 0.25) is 0 Å². The van der Waals surface area contributed by atoms with Crippen LogP contribution in [0, 0.1) is 17.6 Å². The van der Waals surface area contributed by atoms with E-state index >= 15 is 0 Å². The summed E-state index contributed by atoms with van der Waals surface area (Å²) in [5.74, 6) is -0.107. The van der Waals surface area contributed by atoms with E-state index in [2.05, 4.69) is 21.2 Å². The van der Waals surface area contributed by atoms with Crippen LogP contribution in [0.2, 0.25) is 0 Å². The summed E-state index contributed by atoms with van der Waals surface area (Å²) in [4.78, 5) is 0. The molecule has 0 aliphatic heterocycles. The summed E-state index contributed by atoms with van der Waals surface area (Å²) < 4.78 is 27.0. The highest BCUT2D eigenvalue weighted by Crippen LogP contribution is 2.31. The molecule has 1 N–H and O–H groups in total. The van der Waals surface area contributed by atoms with E-state index in [1.807, 2.05) is 6.92 Å². The number of benzene rings is 1. The molecule has 4 heteroatoms. The first-order valence-electron chi connectivity index (χ1n) is 5.97. The molecule has 1 saturated carbocycles. The van der Waals surface area contributed by atoms with Crippen LogP contribution in [-0.4, -0.2) is 6.04 Å². The number of hydrogen-bond donors (Lipinski definition) is 1. The molecule has 0 amide bonds. The van der Waals surface area contributed by atoms with Gasteiger partial charge in [-0.3, -0.25) is 0 Å². The molecule has 1 nitrogen and oxygen atoms in total.